The van der Waals surface area contributed by atoms with E-state index in [1.807, 2.05) is 13.0 Å². The van der Waals surface area contributed by atoms with Crippen LogP contribution in [-0.4, -0.2) is 5.26 Å². The summed E-state index contributed by atoms with van der Waals surface area (Å²) in [5, 5.41) is 8.04. The Labute approximate surface area is 59.2 Å². The molecule has 0 aliphatic rings. The van der Waals surface area contributed by atoms with Gasteiger partial charge >= 0.3 is 0 Å². The second kappa shape index (κ2) is 3.39. The molecule has 0 spiro atoms. The van der Waals surface area contributed by atoms with Crippen LogP contribution in [-0.2, 0) is 17.9 Å². The lowest BCUT2D eigenvalue weighted by atomic mass is 10.4. The van der Waals surface area contributed by atoms with Crippen molar-refractivity contribution >= 4 is 0 Å². The molecule has 0 saturated heterocycles. The second-order valence-corrected chi connectivity index (χ2v) is 2.00. The molecule has 0 aliphatic heterocycles. The van der Waals surface area contributed by atoms with Gasteiger partial charge in [0.05, 0.1) is 0 Å². The first kappa shape index (κ1) is 7.31. The molecule has 1 aromatic heterocycles. The molecule has 1 rings (SSSR count). The van der Waals surface area contributed by atoms with Crippen LogP contribution in [0.3, 0.4) is 0 Å². The maximum Gasteiger partial charge on any atom is 0.140 e. The Morgan fingerprint density at radius 3 is 2.70 bits per heavy atom. The summed E-state index contributed by atoms with van der Waals surface area (Å²) < 4.78 is 5.19. The SMILES string of the molecule is CCc1ccc(COO)o1. The average molecular weight is 142 g/mol. The van der Waals surface area contributed by atoms with Crippen molar-refractivity contribution < 1.29 is 14.6 Å². The van der Waals surface area contributed by atoms with Gasteiger partial charge in [0.15, 0.2) is 0 Å². The van der Waals surface area contributed by atoms with Crippen LogP contribution in [0.2, 0.25) is 0 Å². The van der Waals surface area contributed by atoms with Crippen molar-refractivity contribution in [1.82, 2.24) is 0 Å². The quantitative estimate of drug-likeness (QED) is 0.517. The Bertz CT molecular complexity index is 192. The highest BCUT2D eigenvalue weighted by Crippen LogP contribution is 2.08. The molecule has 0 bridgehead atoms. The van der Waals surface area contributed by atoms with E-state index in [1.54, 1.807) is 6.07 Å². The number of hydrogen-bond acceptors (Lipinski definition) is 3. The molecule has 0 atom stereocenters. The molecular weight excluding hydrogens is 132 g/mol. The summed E-state index contributed by atoms with van der Waals surface area (Å²) in [7, 11) is 0. The van der Waals surface area contributed by atoms with Crippen LogP contribution in [0.4, 0.5) is 0 Å². The van der Waals surface area contributed by atoms with Crippen LogP contribution in [0.1, 0.15) is 18.4 Å². The van der Waals surface area contributed by atoms with Crippen LogP contribution in [0, 0.1) is 0 Å². The van der Waals surface area contributed by atoms with Gasteiger partial charge in [-0.3, -0.25) is 5.26 Å². The van der Waals surface area contributed by atoms with E-state index in [-0.39, 0.29) is 6.61 Å². The molecule has 0 unspecified atom stereocenters. The summed E-state index contributed by atoms with van der Waals surface area (Å²) in [4.78, 5) is 3.89. The molecule has 3 heteroatoms. The summed E-state index contributed by atoms with van der Waals surface area (Å²) in [6, 6.07) is 3.66. The van der Waals surface area contributed by atoms with Crippen LogP contribution in [0.15, 0.2) is 16.5 Å². The molecule has 1 aromatic rings. The fourth-order valence-corrected chi connectivity index (χ4v) is 0.754. The van der Waals surface area contributed by atoms with Crippen LogP contribution < -0.4 is 0 Å². The Morgan fingerprint density at radius 2 is 2.20 bits per heavy atom. The normalized spacial score (nSPS) is 10.2. The first-order chi connectivity index (χ1) is 4.86. The standard InChI is InChI=1S/C7H10O3/c1-2-6-3-4-7(10-6)5-9-8/h3-4,8H,2,5H2,1H3. The molecule has 10 heavy (non-hydrogen) atoms. The second-order valence-electron chi connectivity index (χ2n) is 2.00. The summed E-state index contributed by atoms with van der Waals surface area (Å²) in [6.07, 6.45) is 0.866. The van der Waals surface area contributed by atoms with Gasteiger partial charge in [0, 0.05) is 6.42 Å². The zero-order valence-corrected chi connectivity index (χ0v) is 5.83. The fraction of sp³-hybridized carbons (Fsp3) is 0.429. The van der Waals surface area contributed by atoms with Crippen molar-refractivity contribution in [1.29, 1.82) is 0 Å². The predicted octanol–water partition coefficient (Wildman–Crippen LogP) is 1.83. The third-order valence-electron chi connectivity index (χ3n) is 1.27. The molecule has 3 nitrogen and oxygen atoms in total. The fourth-order valence-electron chi connectivity index (χ4n) is 0.754. The maximum atomic E-state index is 8.04. The summed E-state index contributed by atoms with van der Waals surface area (Å²) in [5.74, 6) is 1.56. The lowest BCUT2D eigenvalue weighted by Gasteiger charge is -1.90. The highest BCUT2D eigenvalue weighted by atomic mass is 17.1. The molecule has 0 saturated carbocycles. The smallest absolute Gasteiger partial charge is 0.140 e. The van der Waals surface area contributed by atoms with Gasteiger partial charge < -0.3 is 4.42 Å². The van der Waals surface area contributed by atoms with Gasteiger partial charge in [-0.05, 0) is 12.1 Å². The Hall–Kier alpha value is -0.800. The first-order valence-electron chi connectivity index (χ1n) is 3.20. The first-order valence-corrected chi connectivity index (χ1v) is 3.20. The topological polar surface area (TPSA) is 42.6 Å². The molecule has 1 N–H and O–H groups in total. The van der Waals surface area contributed by atoms with Gasteiger partial charge in [0.25, 0.3) is 0 Å². The van der Waals surface area contributed by atoms with Crippen molar-refractivity contribution in [2.75, 3.05) is 0 Å². The lowest BCUT2D eigenvalue weighted by molar-refractivity contribution is -0.256. The van der Waals surface area contributed by atoms with Crippen LogP contribution in [0.5, 0.6) is 0 Å². The highest BCUT2D eigenvalue weighted by Gasteiger charge is 1.98. The number of furan rings is 1. The monoisotopic (exact) mass is 142 g/mol. The third kappa shape index (κ3) is 1.59. The van der Waals surface area contributed by atoms with E-state index in [0.29, 0.717) is 5.76 Å². The summed E-state index contributed by atoms with van der Waals surface area (Å²) in [5.41, 5.74) is 0. The molecule has 0 aliphatic carbocycles. The highest BCUT2D eigenvalue weighted by molar-refractivity contribution is 5.05. The van der Waals surface area contributed by atoms with Crippen LogP contribution >= 0.6 is 0 Å². The maximum absolute atomic E-state index is 8.04. The van der Waals surface area contributed by atoms with Crippen molar-refractivity contribution in [2.24, 2.45) is 0 Å². The van der Waals surface area contributed by atoms with Gasteiger partial charge in [-0.2, -0.15) is 0 Å². The molecule has 0 aromatic carbocycles. The molecule has 0 fully saturated rings. The Balaban J connectivity index is 2.59. The molecule has 56 valence electrons. The molecule has 0 amide bonds. The average Bonchev–Trinajstić information content (AvgIpc) is 2.37. The minimum absolute atomic E-state index is 0.125. The zero-order valence-electron chi connectivity index (χ0n) is 5.83. The van der Waals surface area contributed by atoms with Gasteiger partial charge in [0.1, 0.15) is 18.1 Å². The number of rotatable bonds is 3. The predicted molar refractivity (Wildman–Crippen MR) is 35.5 cm³/mol. The van der Waals surface area contributed by atoms with Gasteiger partial charge in [-0.15, -0.1) is 0 Å². The van der Waals surface area contributed by atoms with E-state index >= 15 is 0 Å². The molecule has 0 radical (unpaired) electrons. The van der Waals surface area contributed by atoms with Gasteiger partial charge in [-0.1, -0.05) is 6.92 Å². The van der Waals surface area contributed by atoms with Gasteiger partial charge in [0.2, 0.25) is 0 Å². The van der Waals surface area contributed by atoms with E-state index in [0.717, 1.165) is 12.2 Å². The largest absolute Gasteiger partial charge is 0.464 e. The lowest BCUT2D eigenvalue weighted by Crippen LogP contribution is -1.82. The van der Waals surface area contributed by atoms with Crippen molar-refractivity contribution in [2.45, 2.75) is 20.0 Å². The van der Waals surface area contributed by atoms with Crippen molar-refractivity contribution in [3.63, 3.8) is 0 Å². The Kier molecular flexibility index (Phi) is 2.48. The minimum Gasteiger partial charge on any atom is -0.464 e. The van der Waals surface area contributed by atoms with Crippen molar-refractivity contribution in [3.05, 3.63) is 23.7 Å². The van der Waals surface area contributed by atoms with E-state index < -0.39 is 0 Å². The summed E-state index contributed by atoms with van der Waals surface area (Å²) >= 11 is 0. The van der Waals surface area contributed by atoms with E-state index in [9.17, 15) is 0 Å². The Morgan fingerprint density at radius 1 is 1.50 bits per heavy atom. The van der Waals surface area contributed by atoms with E-state index in [4.69, 9.17) is 9.67 Å². The van der Waals surface area contributed by atoms with Gasteiger partial charge in [-0.25, -0.2) is 4.89 Å². The number of hydrogen-bond donors (Lipinski definition) is 1. The zero-order chi connectivity index (χ0) is 7.40. The third-order valence-corrected chi connectivity index (χ3v) is 1.27. The van der Waals surface area contributed by atoms with Crippen LogP contribution in [0.25, 0.3) is 0 Å². The molecular formula is C7H10O3. The minimum atomic E-state index is 0.125. The number of aryl methyl sites for hydroxylation is 1. The molecule has 1 heterocycles. The van der Waals surface area contributed by atoms with E-state index in [1.165, 1.54) is 0 Å². The van der Waals surface area contributed by atoms with E-state index in [2.05, 4.69) is 4.89 Å². The van der Waals surface area contributed by atoms with Crippen molar-refractivity contribution in [3.8, 4) is 0 Å². The summed E-state index contributed by atoms with van der Waals surface area (Å²) in [6.45, 7) is 2.13.